The minimum atomic E-state index is 1.13. The second-order valence-corrected chi connectivity index (χ2v) is 14.7. The van der Waals surface area contributed by atoms with Gasteiger partial charge in [-0.2, -0.15) is 0 Å². The lowest BCUT2D eigenvalue weighted by atomic mass is 10.0. The molecule has 0 atom stereocenters. The van der Waals surface area contributed by atoms with Crippen molar-refractivity contribution in [2.45, 2.75) is 0 Å². The van der Waals surface area contributed by atoms with Crippen LogP contribution in [0.3, 0.4) is 0 Å². The van der Waals surface area contributed by atoms with Gasteiger partial charge in [-0.05, 0) is 87.6 Å². The summed E-state index contributed by atoms with van der Waals surface area (Å²) in [6, 6.07) is 64.4. The van der Waals surface area contributed by atoms with Crippen LogP contribution in [-0.4, -0.2) is 0 Å². The molecule has 0 spiro atoms. The number of hydrogen-bond donors (Lipinski definition) is 0. The van der Waals surface area contributed by atoms with Gasteiger partial charge in [0.2, 0.25) is 0 Å². The number of fused-ring (bicyclic) bond motifs is 8. The molecule has 0 radical (unpaired) electrons. The van der Waals surface area contributed by atoms with E-state index < -0.39 is 0 Å². The van der Waals surface area contributed by atoms with Gasteiger partial charge in [0, 0.05) is 57.4 Å². The molecular formula is C46H29NS2. The van der Waals surface area contributed by atoms with Gasteiger partial charge in [0.05, 0.1) is 0 Å². The molecule has 3 heteroatoms. The molecule has 0 amide bonds. The Balaban J connectivity index is 1.13. The molecule has 2 heterocycles. The highest BCUT2D eigenvalue weighted by Crippen LogP contribution is 2.44. The summed E-state index contributed by atoms with van der Waals surface area (Å²) in [5.74, 6) is 0. The summed E-state index contributed by atoms with van der Waals surface area (Å²) in [6.45, 7) is 0. The lowest BCUT2D eigenvalue weighted by Gasteiger charge is -2.26. The van der Waals surface area contributed by atoms with Crippen LogP contribution in [0.25, 0.3) is 73.4 Å². The van der Waals surface area contributed by atoms with Crippen molar-refractivity contribution in [3.05, 3.63) is 176 Å². The summed E-state index contributed by atoms with van der Waals surface area (Å²) in [6.07, 6.45) is 0. The summed E-state index contributed by atoms with van der Waals surface area (Å²) in [5.41, 5.74) is 8.33. The Bertz CT molecular complexity index is 2810. The Labute approximate surface area is 292 Å². The fourth-order valence-corrected chi connectivity index (χ4v) is 9.68. The normalized spacial score (nSPS) is 11.7. The van der Waals surface area contributed by atoms with E-state index in [4.69, 9.17) is 0 Å². The Morgan fingerprint density at radius 3 is 1.71 bits per heavy atom. The van der Waals surface area contributed by atoms with E-state index in [0.717, 1.165) is 17.1 Å². The van der Waals surface area contributed by atoms with Gasteiger partial charge in [-0.1, -0.05) is 121 Å². The van der Waals surface area contributed by atoms with Crippen LogP contribution < -0.4 is 4.90 Å². The number of thiophene rings is 2. The second kappa shape index (κ2) is 11.5. The minimum absolute atomic E-state index is 1.13. The molecule has 0 aliphatic rings. The van der Waals surface area contributed by atoms with E-state index in [0.29, 0.717) is 0 Å². The highest BCUT2D eigenvalue weighted by atomic mass is 32.1. The molecule has 0 unspecified atom stereocenters. The van der Waals surface area contributed by atoms with Crippen molar-refractivity contribution in [3.63, 3.8) is 0 Å². The van der Waals surface area contributed by atoms with Gasteiger partial charge in [-0.3, -0.25) is 0 Å². The number of hydrogen-bond acceptors (Lipinski definition) is 3. The predicted molar refractivity (Wildman–Crippen MR) is 215 cm³/mol. The minimum Gasteiger partial charge on any atom is -0.310 e. The van der Waals surface area contributed by atoms with Crippen molar-refractivity contribution in [2.75, 3.05) is 4.90 Å². The van der Waals surface area contributed by atoms with E-state index in [1.807, 2.05) is 22.7 Å². The molecule has 1 nitrogen and oxygen atoms in total. The van der Waals surface area contributed by atoms with Crippen LogP contribution in [0.2, 0.25) is 0 Å². The van der Waals surface area contributed by atoms with Crippen molar-refractivity contribution in [3.8, 4) is 22.3 Å². The molecule has 0 aliphatic carbocycles. The summed E-state index contributed by atoms with van der Waals surface area (Å²) >= 11 is 3.75. The van der Waals surface area contributed by atoms with E-state index in [2.05, 4.69) is 181 Å². The van der Waals surface area contributed by atoms with Crippen LogP contribution in [0.15, 0.2) is 176 Å². The average Bonchev–Trinajstić information content (AvgIpc) is 3.75. The van der Waals surface area contributed by atoms with Crippen LogP contribution >= 0.6 is 22.7 Å². The van der Waals surface area contributed by atoms with Gasteiger partial charge < -0.3 is 4.90 Å². The van der Waals surface area contributed by atoms with Crippen LogP contribution in [0, 0.1) is 0 Å². The zero-order chi connectivity index (χ0) is 32.3. The molecule has 8 aromatic carbocycles. The number of benzene rings is 8. The van der Waals surface area contributed by atoms with E-state index >= 15 is 0 Å². The summed E-state index contributed by atoms with van der Waals surface area (Å²) in [5, 5.41) is 7.85. The van der Waals surface area contributed by atoms with E-state index in [1.165, 1.54) is 73.4 Å². The Kier molecular flexibility index (Phi) is 6.61. The fraction of sp³-hybridized carbons (Fsp3) is 0. The van der Waals surface area contributed by atoms with Crippen LogP contribution in [0.5, 0.6) is 0 Å². The maximum Gasteiger partial charge on any atom is 0.0468 e. The van der Waals surface area contributed by atoms with Gasteiger partial charge in [0.25, 0.3) is 0 Å². The lowest BCUT2D eigenvalue weighted by molar-refractivity contribution is 1.29. The summed E-state index contributed by atoms with van der Waals surface area (Å²) in [7, 11) is 0. The van der Waals surface area contributed by atoms with Crippen molar-refractivity contribution in [1.82, 2.24) is 0 Å². The van der Waals surface area contributed by atoms with Crippen LogP contribution in [-0.2, 0) is 0 Å². The molecule has 0 aliphatic heterocycles. The monoisotopic (exact) mass is 659 g/mol. The first kappa shape index (κ1) is 28.3. The molecule has 0 fully saturated rings. The molecular weight excluding hydrogens is 631 g/mol. The molecule has 10 rings (SSSR count). The molecule has 230 valence electrons. The lowest BCUT2D eigenvalue weighted by Crippen LogP contribution is -2.09. The molecule has 0 saturated heterocycles. The highest BCUT2D eigenvalue weighted by Gasteiger charge is 2.17. The third-order valence-electron chi connectivity index (χ3n) is 9.67. The van der Waals surface area contributed by atoms with Crippen LogP contribution in [0.1, 0.15) is 0 Å². The van der Waals surface area contributed by atoms with E-state index in [1.54, 1.807) is 0 Å². The van der Waals surface area contributed by atoms with Crippen molar-refractivity contribution in [1.29, 1.82) is 0 Å². The van der Waals surface area contributed by atoms with Crippen molar-refractivity contribution >= 4 is 90.9 Å². The van der Waals surface area contributed by atoms with Gasteiger partial charge in [-0.25, -0.2) is 0 Å². The highest BCUT2D eigenvalue weighted by molar-refractivity contribution is 7.26. The smallest absolute Gasteiger partial charge is 0.0468 e. The van der Waals surface area contributed by atoms with Crippen molar-refractivity contribution < 1.29 is 0 Å². The largest absolute Gasteiger partial charge is 0.310 e. The third-order valence-corrected chi connectivity index (χ3v) is 12.0. The molecule has 0 saturated carbocycles. The van der Waals surface area contributed by atoms with Crippen molar-refractivity contribution in [2.24, 2.45) is 0 Å². The molecule has 0 bridgehead atoms. The standard InChI is InChI=1S/C46H29NS2/c1-2-9-30(10-3-1)31-17-23-34(24-18-31)47(36-27-21-33-22-28-44-45(41(33)29-36)40-12-5-7-16-43(40)48-44)35-25-19-32(20-26-35)37-13-8-14-39-38-11-4-6-15-42(38)49-46(37)39/h1-29H. The Morgan fingerprint density at radius 1 is 0.347 bits per heavy atom. The molecule has 2 aromatic heterocycles. The first-order valence-corrected chi connectivity index (χ1v) is 18.2. The molecule has 10 aromatic rings. The van der Waals surface area contributed by atoms with Crippen LogP contribution in [0.4, 0.5) is 17.1 Å². The van der Waals surface area contributed by atoms with E-state index in [9.17, 15) is 0 Å². The van der Waals surface area contributed by atoms with Gasteiger partial charge in [-0.15, -0.1) is 22.7 Å². The first-order valence-electron chi connectivity index (χ1n) is 16.6. The SMILES string of the molecule is c1ccc(-c2ccc(N(c3ccc(-c4cccc5c4sc4ccccc45)cc3)c3ccc4ccc5sc6ccccc6c5c4c3)cc2)cc1. The zero-order valence-electron chi connectivity index (χ0n) is 26.5. The predicted octanol–water partition coefficient (Wildman–Crippen LogP) is 14.4. The third kappa shape index (κ3) is 4.74. The topological polar surface area (TPSA) is 3.24 Å². The number of anilines is 3. The Hall–Kier alpha value is -5.74. The van der Waals surface area contributed by atoms with Gasteiger partial charge in [0.1, 0.15) is 0 Å². The maximum absolute atomic E-state index is 2.39. The number of rotatable bonds is 5. The quantitative estimate of drug-likeness (QED) is 0.178. The average molecular weight is 660 g/mol. The van der Waals surface area contributed by atoms with E-state index in [-0.39, 0.29) is 0 Å². The molecule has 0 N–H and O–H groups in total. The number of nitrogens with zero attached hydrogens (tertiary/aromatic N) is 1. The summed E-state index contributed by atoms with van der Waals surface area (Å²) < 4.78 is 5.32. The zero-order valence-corrected chi connectivity index (χ0v) is 28.1. The molecule has 49 heavy (non-hydrogen) atoms. The van der Waals surface area contributed by atoms with Gasteiger partial charge in [0.15, 0.2) is 0 Å². The fourth-order valence-electron chi connectivity index (χ4n) is 7.32. The Morgan fingerprint density at radius 2 is 0.939 bits per heavy atom. The summed E-state index contributed by atoms with van der Waals surface area (Å²) in [4.78, 5) is 2.39. The maximum atomic E-state index is 2.39. The van der Waals surface area contributed by atoms with Gasteiger partial charge >= 0.3 is 0 Å². The second-order valence-electron chi connectivity index (χ2n) is 12.5. The first-order chi connectivity index (χ1) is 24.3.